The molecule has 2 amide bonds. The zero-order valence-corrected chi connectivity index (χ0v) is 15.3. The van der Waals surface area contributed by atoms with E-state index in [1.165, 1.54) is 6.92 Å². The van der Waals surface area contributed by atoms with Crippen molar-refractivity contribution in [3.05, 3.63) is 34.7 Å². The molecular weight excluding hydrogens is 360 g/mol. The fourth-order valence-electron chi connectivity index (χ4n) is 2.92. The van der Waals surface area contributed by atoms with E-state index in [0.29, 0.717) is 17.7 Å². The summed E-state index contributed by atoms with van der Waals surface area (Å²) < 4.78 is 0.154. The lowest BCUT2D eigenvalue weighted by Crippen LogP contribution is -2.41. The van der Waals surface area contributed by atoms with Gasteiger partial charge in [0.25, 0.3) is 11.8 Å². The molecule has 0 radical (unpaired) electrons. The molecule has 6 nitrogen and oxygen atoms in total. The third-order valence-corrected chi connectivity index (χ3v) is 5.54. The molecule has 1 N–H and O–H groups in total. The predicted molar refractivity (Wildman–Crippen MR) is 100 cm³/mol. The molecule has 1 aromatic rings. The van der Waals surface area contributed by atoms with Crippen molar-refractivity contribution in [2.75, 3.05) is 11.4 Å². The monoisotopic (exact) mass is 376 g/mol. The van der Waals surface area contributed by atoms with Crippen molar-refractivity contribution in [3.63, 3.8) is 0 Å². The number of carboxylic acids is 1. The first-order valence-electron chi connectivity index (χ1n) is 7.82. The molecule has 1 aromatic carbocycles. The van der Waals surface area contributed by atoms with E-state index in [2.05, 4.69) is 0 Å². The van der Waals surface area contributed by atoms with Crippen LogP contribution in [-0.4, -0.2) is 44.7 Å². The van der Waals surface area contributed by atoms with Crippen LogP contribution in [0.3, 0.4) is 0 Å². The molecule has 0 aromatic heterocycles. The number of carboxylic acid groups (broad SMARTS) is 1. The maximum absolute atomic E-state index is 12.9. The average Bonchev–Trinajstić information content (AvgIpc) is 3.01. The standard InChI is InChI=1S/C17H16N2O4S2/c1-3-8-18-11-7-5-4-6-10(11)12(14(18)20)13-15(21)19(17(24)25-13)9(2)16(22)23/h4-7,9H,3,8H2,1-2H3,(H,22,23)/b13-12+/t9-/m0/s1. The Balaban J connectivity index is 2.12. The smallest absolute Gasteiger partial charge is 0.326 e. The number of carbonyl (C=O) groups is 3. The van der Waals surface area contributed by atoms with Crippen molar-refractivity contribution in [2.45, 2.75) is 26.3 Å². The van der Waals surface area contributed by atoms with Crippen LogP contribution in [0.25, 0.3) is 5.57 Å². The minimum absolute atomic E-state index is 0.154. The van der Waals surface area contributed by atoms with Crippen LogP contribution in [-0.2, 0) is 14.4 Å². The van der Waals surface area contributed by atoms with Crippen molar-refractivity contribution in [2.24, 2.45) is 0 Å². The number of para-hydroxylation sites is 1. The molecular formula is C17H16N2O4S2. The van der Waals surface area contributed by atoms with Gasteiger partial charge in [0.1, 0.15) is 10.4 Å². The lowest BCUT2D eigenvalue weighted by atomic mass is 10.1. The van der Waals surface area contributed by atoms with E-state index in [1.54, 1.807) is 11.0 Å². The van der Waals surface area contributed by atoms with Crippen molar-refractivity contribution in [1.29, 1.82) is 0 Å². The molecule has 130 valence electrons. The molecule has 0 aliphatic carbocycles. The van der Waals surface area contributed by atoms with Crippen LogP contribution in [0.5, 0.6) is 0 Å². The predicted octanol–water partition coefficient (Wildman–Crippen LogP) is 2.49. The summed E-state index contributed by atoms with van der Waals surface area (Å²) in [6.07, 6.45) is 0.782. The van der Waals surface area contributed by atoms with Crippen LogP contribution < -0.4 is 4.90 Å². The largest absolute Gasteiger partial charge is 0.480 e. The number of amides is 2. The number of hydrogen-bond acceptors (Lipinski definition) is 5. The highest BCUT2D eigenvalue weighted by Crippen LogP contribution is 2.44. The molecule has 3 rings (SSSR count). The molecule has 25 heavy (non-hydrogen) atoms. The molecule has 2 aliphatic heterocycles. The lowest BCUT2D eigenvalue weighted by molar-refractivity contribution is -0.144. The summed E-state index contributed by atoms with van der Waals surface area (Å²) in [5.41, 5.74) is 1.76. The van der Waals surface area contributed by atoms with Gasteiger partial charge in [0.2, 0.25) is 0 Å². The van der Waals surface area contributed by atoms with Gasteiger partial charge in [-0.2, -0.15) is 0 Å². The highest BCUT2D eigenvalue weighted by molar-refractivity contribution is 8.26. The maximum atomic E-state index is 12.9. The highest BCUT2D eigenvalue weighted by Gasteiger charge is 2.44. The van der Waals surface area contributed by atoms with Crippen LogP contribution in [0.15, 0.2) is 29.2 Å². The molecule has 0 bridgehead atoms. The Morgan fingerprint density at radius 1 is 1.28 bits per heavy atom. The van der Waals surface area contributed by atoms with Gasteiger partial charge in [0, 0.05) is 12.1 Å². The number of aliphatic carboxylic acids is 1. The zero-order valence-electron chi connectivity index (χ0n) is 13.7. The van der Waals surface area contributed by atoms with Gasteiger partial charge < -0.3 is 10.0 Å². The summed E-state index contributed by atoms with van der Waals surface area (Å²) in [6, 6.07) is 6.21. The Morgan fingerprint density at radius 2 is 1.96 bits per heavy atom. The minimum atomic E-state index is -1.15. The van der Waals surface area contributed by atoms with Gasteiger partial charge in [-0.1, -0.05) is 49.1 Å². The molecule has 1 atom stereocenters. The van der Waals surface area contributed by atoms with Gasteiger partial charge in [0.05, 0.1) is 16.2 Å². The van der Waals surface area contributed by atoms with Crippen molar-refractivity contribution >= 4 is 57.3 Å². The number of fused-ring (bicyclic) bond motifs is 1. The summed E-state index contributed by atoms with van der Waals surface area (Å²) in [7, 11) is 0. The van der Waals surface area contributed by atoms with Crippen LogP contribution in [0, 0.1) is 0 Å². The number of benzene rings is 1. The highest BCUT2D eigenvalue weighted by atomic mass is 32.2. The van der Waals surface area contributed by atoms with Gasteiger partial charge in [-0.05, 0) is 19.4 Å². The Hall–Kier alpha value is -2.19. The molecule has 1 saturated heterocycles. The first kappa shape index (κ1) is 17.6. The first-order valence-corrected chi connectivity index (χ1v) is 9.04. The summed E-state index contributed by atoms with van der Waals surface area (Å²) in [5.74, 6) is -1.92. The summed E-state index contributed by atoms with van der Waals surface area (Å²) >= 11 is 6.18. The fourth-order valence-corrected chi connectivity index (χ4v) is 4.41. The van der Waals surface area contributed by atoms with Crippen LogP contribution >= 0.6 is 24.0 Å². The number of rotatable bonds is 4. The van der Waals surface area contributed by atoms with E-state index in [1.807, 2.05) is 25.1 Å². The first-order chi connectivity index (χ1) is 11.9. The molecule has 0 unspecified atom stereocenters. The number of anilines is 1. The van der Waals surface area contributed by atoms with E-state index in [9.17, 15) is 19.5 Å². The van der Waals surface area contributed by atoms with Crippen LogP contribution in [0.2, 0.25) is 0 Å². The number of thioether (sulfide) groups is 1. The molecule has 0 spiro atoms. The third kappa shape index (κ3) is 2.75. The molecule has 8 heteroatoms. The Bertz CT molecular complexity index is 834. The summed E-state index contributed by atoms with van der Waals surface area (Å²) in [5, 5.41) is 9.20. The van der Waals surface area contributed by atoms with Crippen molar-refractivity contribution < 1.29 is 19.5 Å². The van der Waals surface area contributed by atoms with E-state index in [4.69, 9.17) is 12.2 Å². The third-order valence-electron chi connectivity index (χ3n) is 4.14. The van der Waals surface area contributed by atoms with E-state index in [0.717, 1.165) is 28.8 Å². The maximum Gasteiger partial charge on any atom is 0.326 e. The van der Waals surface area contributed by atoms with Gasteiger partial charge >= 0.3 is 5.97 Å². The number of carbonyl (C=O) groups excluding carboxylic acids is 2. The normalized spacial score (nSPS) is 21.1. The number of thiocarbonyl (C=S) groups is 1. The van der Waals surface area contributed by atoms with E-state index in [-0.39, 0.29) is 15.1 Å². The second-order valence-corrected chi connectivity index (χ2v) is 7.38. The van der Waals surface area contributed by atoms with Gasteiger partial charge in [-0.3, -0.25) is 14.5 Å². The lowest BCUT2D eigenvalue weighted by Gasteiger charge is -2.18. The molecule has 2 heterocycles. The van der Waals surface area contributed by atoms with Crippen molar-refractivity contribution in [1.82, 2.24) is 4.90 Å². The quantitative estimate of drug-likeness (QED) is 0.643. The Morgan fingerprint density at radius 3 is 2.60 bits per heavy atom. The Kier molecular flexibility index (Phi) is 4.66. The second kappa shape index (κ2) is 6.61. The minimum Gasteiger partial charge on any atom is -0.480 e. The SMILES string of the molecule is CCCN1C(=O)/C(=C2/SC(=S)N([C@@H](C)C(=O)O)C2=O)c2ccccc21. The van der Waals surface area contributed by atoms with Gasteiger partial charge in [0.15, 0.2) is 0 Å². The van der Waals surface area contributed by atoms with Crippen LogP contribution in [0.4, 0.5) is 5.69 Å². The summed E-state index contributed by atoms with van der Waals surface area (Å²) in [4.78, 5) is 39.9. The second-order valence-electron chi connectivity index (χ2n) is 5.74. The Labute approximate surface area is 154 Å². The molecule has 2 aliphatic rings. The molecule has 0 saturated carbocycles. The van der Waals surface area contributed by atoms with Crippen molar-refractivity contribution in [3.8, 4) is 0 Å². The fraction of sp³-hybridized carbons (Fsp3) is 0.294. The van der Waals surface area contributed by atoms with E-state index < -0.39 is 17.9 Å². The molecule has 1 fully saturated rings. The topological polar surface area (TPSA) is 77.9 Å². The van der Waals surface area contributed by atoms with Gasteiger partial charge in [-0.25, -0.2) is 4.79 Å². The number of nitrogens with zero attached hydrogens (tertiary/aromatic N) is 2. The zero-order chi connectivity index (χ0) is 18.3. The van der Waals surface area contributed by atoms with Crippen LogP contribution in [0.1, 0.15) is 25.8 Å². The summed E-state index contributed by atoms with van der Waals surface area (Å²) in [6.45, 7) is 3.92. The van der Waals surface area contributed by atoms with Gasteiger partial charge in [-0.15, -0.1) is 0 Å². The number of hydrogen-bond donors (Lipinski definition) is 1. The average molecular weight is 376 g/mol. The van der Waals surface area contributed by atoms with E-state index >= 15 is 0 Å².